The third-order valence-electron chi connectivity index (χ3n) is 3.35. The van der Waals surface area contributed by atoms with E-state index in [0.29, 0.717) is 11.1 Å². The average molecular weight is 279 g/mol. The molecule has 1 heterocycles. The van der Waals surface area contributed by atoms with Gasteiger partial charge >= 0.3 is 0 Å². The molecule has 0 aliphatic rings. The van der Waals surface area contributed by atoms with Gasteiger partial charge in [0.1, 0.15) is 0 Å². The maximum absolute atomic E-state index is 12.7. The van der Waals surface area contributed by atoms with Gasteiger partial charge in [0.05, 0.1) is 7.11 Å². The van der Waals surface area contributed by atoms with Gasteiger partial charge in [-0.3, -0.25) is 9.78 Å². The Morgan fingerprint density at radius 1 is 1.14 bits per heavy atom. The fourth-order valence-corrected chi connectivity index (χ4v) is 2.27. The summed E-state index contributed by atoms with van der Waals surface area (Å²) in [5, 5.41) is 11.4. The maximum atomic E-state index is 12.7. The predicted octanol–water partition coefficient (Wildman–Crippen LogP) is 3.18. The van der Waals surface area contributed by atoms with Crippen molar-refractivity contribution in [2.45, 2.75) is 0 Å². The first kappa shape index (κ1) is 13.1. The highest BCUT2D eigenvalue weighted by atomic mass is 16.5. The van der Waals surface area contributed by atoms with E-state index >= 15 is 0 Å². The Morgan fingerprint density at radius 3 is 2.76 bits per heavy atom. The molecule has 4 heteroatoms. The van der Waals surface area contributed by atoms with Crippen molar-refractivity contribution in [3.8, 4) is 11.5 Å². The van der Waals surface area contributed by atoms with Crippen molar-refractivity contribution < 1.29 is 14.6 Å². The van der Waals surface area contributed by atoms with Crippen molar-refractivity contribution in [3.05, 3.63) is 66.0 Å². The number of carbonyl (C=O) groups excluding carboxylic acids is 1. The second-order valence-corrected chi connectivity index (χ2v) is 4.62. The lowest BCUT2D eigenvalue weighted by molar-refractivity contribution is 0.103. The molecule has 1 aromatic heterocycles. The maximum Gasteiger partial charge on any atom is 0.195 e. The molecule has 3 rings (SSSR count). The van der Waals surface area contributed by atoms with Gasteiger partial charge in [0.15, 0.2) is 17.3 Å². The summed E-state index contributed by atoms with van der Waals surface area (Å²) < 4.78 is 5.04. The summed E-state index contributed by atoms with van der Waals surface area (Å²) in [5.74, 6) is 0.122. The molecule has 2 aromatic carbocycles. The van der Waals surface area contributed by atoms with Gasteiger partial charge in [-0.1, -0.05) is 24.3 Å². The van der Waals surface area contributed by atoms with Crippen molar-refractivity contribution in [2.24, 2.45) is 0 Å². The van der Waals surface area contributed by atoms with Crippen LogP contribution in [0.4, 0.5) is 0 Å². The van der Waals surface area contributed by atoms with Gasteiger partial charge in [-0.15, -0.1) is 0 Å². The number of benzene rings is 2. The third kappa shape index (κ3) is 2.31. The Kier molecular flexibility index (Phi) is 3.28. The summed E-state index contributed by atoms with van der Waals surface area (Å²) in [6, 6.07) is 12.1. The number of fused-ring (bicyclic) bond motifs is 1. The molecule has 0 aliphatic carbocycles. The van der Waals surface area contributed by atoms with Crippen LogP contribution in [0.15, 0.2) is 54.9 Å². The molecule has 0 saturated carbocycles. The number of pyridine rings is 1. The quantitative estimate of drug-likeness (QED) is 0.748. The summed E-state index contributed by atoms with van der Waals surface area (Å²) in [7, 11) is 1.45. The number of hydrogen-bond donors (Lipinski definition) is 1. The van der Waals surface area contributed by atoms with Crippen molar-refractivity contribution in [1.82, 2.24) is 4.98 Å². The van der Waals surface area contributed by atoms with E-state index in [-0.39, 0.29) is 17.3 Å². The van der Waals surface area contributed by atoms with Crippen molar-refractivity contribution in [3.63, 3.8) is 0 Å². The lowest BCUT2D eigenvalue weighted by Gasteiger charge is -2.08. The number of aromatic nitrogens is 1. The summed E-state index contributed by atoms with van der Waals surface area (Å²) in [4.78, 5) is 16.8. The number of ether oxygens (including phenoxy) is 1. The molecule has 0 atom stereocenters. The first-order valence-corrected chi connectivity index (χ1v) is 6.45. The van der Waals surface area contributed by atoms with Crippen LogP contribution in [-0.4, -0.2) is 23.0 Å². The van der Waals surface area contributed by atoms with E-state index in [2.05, 4.69) is 4.98 Å². The molecule has 0 saturated heterocycles. The lowest BCUT2D eigenvalue weighted by Crippen LogP contribution is -2.03. The molecule has 21 heavy (non-hydrogen) atoms. The SMILES string of the molecule is COc1cc(C(=O)c2cncc3ccccc23)ccc1O. The number of hydrogen-bond acceptors (Lipinski definition) is 4. The molecule has 0 spiro atoms. The van der Waals surface area contributed by atoms with E-state index in [1.54, 1.807) is 18.5 Å². The zero-order valence-electron chi connectivity index (χ0n) is 11.4. The van der Waals surface area contributed by atoms with Crippen molar-refractivity contribution in [2.75, 3.05) is 7.11 Å². The van der Waals surface area contributed by atoms with Gasteiger partial charge in [-0.2, -0.15) is 0 Å². The molecule has 104 valence electrons. The smallest absolute Gasteiger partial charge is 0.195 e. The van der Waals surface area contributed by atoms with Crippen LogP contribution in [0, 0.1) is 0 Å². The topological polar surface area (TPSA) is 59.4 Å². The molecule has 0 amide bonds. The predicted molar refractivity (Wildman–Crippen MR) is 79.8 cm³/mol. The van der Waals surface area contributed by atoms with Crippen molar-refractivity contribution in [1.29, 1.82) is 0 Å². The van der Waals surface area contributed by atoms with Crippen molar-refractivity contribution >= 4 is 16.6 Å². The normalized spacial score (nSPS) is 10.5. The summed E-state index contributed by atoms with van der Waals surface area (Å²) in [6.07, 6.45) is 3.29. The second kappa shape index (κ2) is 5.25. The second-order valence-electron chi connectivity index (χ2n) is 4.62. The molecule has 0 bridgehead atoms. The minimum Gasteiger partial charge on any atom is -0.504 e. The number of nitrogens with zero attached hydrogens (tertiary/aromatic N) is 1. The molecule has 1 N–H and O–H groups in total. The molecule has 0 radical (unpaired) electrons. The summed E-state index contributed by atoms with van der Waals surface area (Å²) in [6.45, 7) is 0. The highest BCUT2D eigenvalue weighted by Crippen LogP contribution is 2.28. The van der Waals surface area contributed by atoms with Gasteiger partial charge in [-0.25, -0.2) is 0 Å². The monoisotopic (exact) mass is 279 g/mol. The van der Waals surface area contributed by atoms with Gasteiger partial charge in [0.2, 0.25) is 0 Å². The van der Waals surface area contributed by atoms with Crippen LogP contribution >= 0.6 is 0 Å². The number of carbonyl (C=O) groups is 1. The highest BCUT2D eigenvalue weighted by Gasteiger charge is 2.15. The fourth-order valence-electron chi connectivity index (χ4n) is 2.27. The van der Waals surface area contributed by atoms with Crippen LogP contribution in [0.25, 0.3) is 10.8 Å². The molecule has 3 aromatic rings. The average Bonchev–Trinajstić information content (AvgIpc) is 2.54. The van der Waals surface area contributed by atoms with E-state index in [1.807, 2.05) is 24.3 Å². The number of ketones is 1. The van der Waals surface area contributed by atoms with Gasteiger partial charge < -0.3 is 9.84 Å². The van der Waals surface area contributed by atoms with E-state index in [9.17, 15) is 9.90 Å². The van der Waals surface area contributed by atoms with Gasteiger partial charge in [0, 0.05) is 28.9 Å². The van der Waals surface area contributed by atoms with E-state index in [4.69, 9.17) is 4.74 Å². The zero-order chi connectivity index (χ0) is 14.8. The molecule has 4 nitrogen and oxygen atoms in total. The number of methoxy groups -OCH3 is 1. The molecular weight excluding hydrogens is 266 g/mol. The Morgan fingerprint density at radius 2 is 1.95 bits per heavy atom. The van der Waals surface area contributed by atoms with Crippen LogP contribution in [0.2, 0.25) is 0 Å². The standard InChI is InChI=1S/C17H13NO3/c1-21-16-8-11(6-7-15(16)19)17(20)14-10-18-9-12-4-2-3-5-13(12)14/h2-10,19H,1H3. The molecule has 0 unspecified atom stereocenters. The molecular formula is C17H13NO3. The first-order chi connectivity index (χ1) is 10.2. The zero-order valence-corrected chi connectivity index (χ0v) is 11.4. The molecule has 0 aliphatic heterocycles. The van der Waals surface area contributed by atoms with Crippen LogP contribution in [0.5, 0.6) is 11.5 Å². The van der Waals surface area contributed by atoms with Crippen LogP contribution in [0.1, 0.15) is 15.9 Å². The number of rotatable bonds is 3. The summed E-state index contributed by atoms with van der Waals surface area (Å²) in [5.41, 5.74) is 0.976. The highest BCUT2D eigenvalue weighted by molar-refractivity contribution is 6.16. The Labute approximate surface area is 121 Å². The first-order valence-electron chi connectivity index (χ1n) is 6.45. The lowest BCUT2D eigenvalue weighted by atomic mass is 9.99. The number of phenolic OH excluding ortho intramolecular Hbond substituents is 1. The largest absolute Gasteiger partial charge is 0.504 e. The van der Waals surface area contributed by atoms with Gasteiger partial charge in [0.25, 0.3) is 0 Å². The number of aromatic hydroxyl groups is 1. The Hall–Kier alpha value is -2.88. The van der Waals surface area contributed by atoms with Crippen LogP contribution < -0.4 is 4.74 Å². The minimum atomic E-state index is -0.155. The Bertz CT molecular complexity index is 822. The van der Waals surface area contributed by atoms with Crippen LogP contribution in [-0.2, 0) is 0 Å². The minimum absolute atomic E-state index is 0.00472. The molecule has 0 fully saturated rings. The van der Waals surface area contributed by atoms with E-state index < -0.39 is 0 Å². The van der Waals surface area contributed by atoms with E-state index in [0.717, 1.165) is 10.8 Å². The summed E-state index contributed by atoms with van der Waals surface area (Å²) >= 11 is 0. The number of phenols is 1. The third-order valence-corrected chi connectivity index (χ3v) is 3.35. The van der Waals surface area contributed by atoms with Gasteiger partial charge in [-0.05, 0) is 23.6 Å². The fraction of sp³-hybridized carbons (Fsp3) is 0.0588. The Balaban J connectivity index is 2.13. The van der Waals surface area contributed by atoms with E-state index in [1.165, 1.54) is 19.2 Å². The van der Waals surface area contributed by atoms with Crippen LogP contribution in [0.3, 0.4) is 0 Å².